The lowest BCUT2D eigenvalue weighted by molar-refractivity contribution is -0.384. The lowest BCUT2D eigenvalue weighted by Gasteiger charge is -2.02. The van der Waals surface area contributed by atoms with Gasteiger partial charge in [0.25, 0.3) is 5.69 Å². The van der Waals surface area contributed by atoms with Crippen LogP contribution >= 0.6 is 0 Å². The smallest absolute Gasteiger partial charge is 0.269 e. The molecule has 0 radical (unpaired) electrons. The first-order valence-electron chi connectivity index (χ1n) is 5.23. The van der Waals surface area contributed by atoms with Gasteiger partial charge in [0.15, 0.2) is 0 Å². The van der Waals surface area contributed by atoms with E-state index in [1.807, 2.05) is 13.1 Å². The van der Waals surface area contributed by atoms with Crippen molar-refractivity contribution in [3.05, 3.63) is 46.8 Å². The Morgan fingerprint density at radius 3 is 2.59 bits per heavy atom. The molecule has 1 aromatic heterocycles. The van der Waals surface area contributed by atoms with Gasteiger partial charge in [-0.3, -0.25) is 14.8 Å². The summed E-state index contributed by atoms with van der Waals surface area (Å²) in [4.78, 5) is 10.1. The van der Waals surface area contributed by atoms with Crippen LogP contribution in [0.3, 0.4) is 0 Å². The summed E-state index contributed by atoms with van der Waals surface area (Å²) in [6.07, 6.45) is 3.59. The molecule has 6 nitrogen and oxygen atoms in total. The quantitative estimate of drug-likeness (QED) is 0.649. The molecule has 1 N–H and O–H groups in total. The number of hydrogen-bond acceptors (Lipinski definition) is 4. The summed E-state index contributed by atoms with van der Waals surface area (Å²) in [7, 11) is 0. The van der Waals surface area contributed by atoms with Crippen LogP contribution < -0.4 is 5.32 Å². The SMILES string of the molecule is CCn1cc(Nc2ccc([N+](=O)[O-])cc2)cn1. The van der Waals surface area contributed by atoms with Crippen molar-refractivity contribution in [2.75, 3.05) is 5.32 Å². The Kier molecular flexibility index (Phi) is 3.04. The molecule has 0 spiro atoms. The van der Waals surface area contributed by atoms with Crippen molar-refractivity contribution >= 4 is 17.1 Å². The molecule has 0 atom stereocenters. The summed E-state index contributed by atoms with van der Waals surface area (Å²) in [5.74, 6) is 0. The van der Waals surface area contributed by atoms with E-state index < -0.39 is 4.92 Å². The van der Waals surface area contributed by atoms with E-state index in [2.05, 4.69) is 10.4 Å². The van der Waals surface area contributed by atoms with Crippen LogP contribution in [-0.4, -0.2) is 14.7 Å². The topological polar surface area (TPSA) is 73.0 Å². The second kappa shape index (κ2) is 4.65. The molecule has 0 unspecified atom stereocenters. The first-order chi connectivity index (χ1) is 8.19. The third-order valence-electron chi connectivity index (χ3n) is 2.32. The van der Waals surface area contributed by atoms with Crippen LogP contribution in [0.15, 0.2) is 36.7 Å². The van der Waals surface area contributed by atoms with Crippen LogP contribution in [0.1, 0.15) is 6.92 Å². The van der Waals surface area contributed by atoms with Gasteiger partial charge in [0.1, 0.15) is 0 Å². The van der Waals surface area contributed by atoms with Gasteiger partial charge in [-0.05, 0) is 19.1 Å². The Hall–Kier alpha value is -2.37. The van der Waals surface area contributed by atoms with E-state index >= 15 is 0 Å². The summed E-state index contributed by atoms with van der Waals surface area (Å²) in [6, 6.07) is 6.27. The maximum absolute atomic E-state index is 10.5. The molecule has 0 aliphatic carbocycles. The predicted molar refractivity (Wildman–Crippen MR) is 64.3 cm³/mol. The standard InChI is InChI=1S/C11H12N4O2/c1-2-14-8-10(7-12-14)13-9-3-5-11(6-4-9)15(16)17/h3-8,13H,2H2,1H3. The number of aryl methyl sites for hydroxylation is 1. The van der Waals surface area contributed by atoms with Gasteiger partial charge in [-0.1, -0.05) is 0 Å². The van der Waals surface area contributed by atoms with E-state index in [9.17, 15) is 10.1 Å². The van der Waals surface area contributed by atoms with Crippen LogP contribution in [0.5, 0.6) is 0 Å². The molecule has 0 bridgehead atoms. The maximum atomic E-state index is 10.5. The van der Waals surface area contributed by atoms with E-state index in [0.717, 1.165) is 17.9 Å². The minimum atomic E-state index is -0.418. The van der Waals surface area contributed by atoms with Crippen molar-refractivity contribution in [1.29, 1.82) is 0 Å². The van der Waals surface area contributed by atoms with E-state index in [0.29, 0.717) is 0 Å². The lowest BCUT2D eigenvalue weighted by atomic mass is 10.3. The largest absolute Gasteiger partial charge is 0.353 e. The molecular formula is C11H12N4O2. The van der Waals surface area contributed by atoms with Crippen LogP contribution in [0.2, 0.25) is 0 Å². The summed E-state index contributed by atoms with van der Waals surface area (Å²) >= 11 is 0. The number of aromatic nitrogens is 2. The van der Waals surface area contributed by atoms with Crippen molar-refractivity contribution in [2.24, 2.45) is 0 Å². The first kappa shape index (κ1) is 11.1. The third-order valence-corrected chi connectivity index (χ3v) is 2.32. The number of rotatable bonds is 4. The zero-order chi connectivity index (χ0) is 12.3. The monoisotopic (exact) mass is 232 g/mol. The average molecular weight is 232 g/mol. The number of nitro benzene ring substituents is 1. The Morgan fingerprint density at radius 2 is 2.06 bits per heavy atom. The van der Waals surface area contributed by atoms with Crippen molar-refractivity contribution in [3.63, 3.8) is 0 Å². The summed E-state index contributed by atoms with van der Waals surface area (Å²) in [5, 5.41) is 17.7. The molecule has 0 fully saturated rings. The van der Waals surface area contributed by atoms with Crippen LogP contribution in [0, 0.1) is 10.1 Å². The zero-order valence-electron chi connectivity index (χ0n) is 9.33. The fraction of sp³-hybridized carbons (Fsp3) is 0.182. The number of anilines is 2. The number of non-ortho nitro benzene ring substituents is 1. The highest BCUT2D eigenvalue weighted by molar-refractivity contribution is 5.59. The van der Waals surface area contributed by atoms with Gasteiger partial charge < -0.3 is 5.32 Å². The molecule has 0 saturated heterocycles. The molecule has 0 aliphatic heterocycles. The number of benzene rings is 1. The minimum absolute atomic E-state index is 0.0832. The van der Waals surface area contributed by atoms with E-state index in [1.165, 1.54) is 12.1 Å². The second-order valence-electron chi connectivity index (χ2n) is 3.51. The predicted octanol–water partition coefficient (Wildman–Crippen LogP) is 2.55. The van der Waals surface area contributed by atoms with Gasteiger partial charge >= 0.3 is 0 Å². The summed E-state index contributed by atoms with van der Waals surface area (Å²) in [6.45, 7) is 2.81. The highest BCUT2D eigenvalue weighted by Gasteiger charge is 2.04. The number of hydrogen-bond donors (Lipinski definition) is 1. The van der Waals surface area contributed by atoms with Gasteiger partial charge in [0.2, 0.25) is 0 Å². The van der Waals surface area contributed by atoms with Gasteiger partial charge in [-0.2, -0.15) is 5.10 Å². The summed E-state index contributed by atoms with van der Waals surface area (Å²) < 4.78 is 1.80. The highest BCUT2D eigenvalue weighted by atomic mass is 16.6. The maximum Gasteiger partial charge on any atom is 0.269 e. The average Bonchev–Trinajstić information content (AvgIpc) is 2.77. The van der Waals surface area contributed by atoms with Gasteiger partial charge in [-0.25, -0.2) is 0 Å². The fourth-order valence-corrected chi connectivity index (χ4v) is 1.43. The molecule has 0 saturated carbocycles. The van der Waals surface area contributed by atoms with E-state index in [1.54, 1.807) is 23.0 Å². The summed E-state index contributed by atoms with van der Waals surface area (Å²) in [5.41, 5.74) is 1.74. The lowest BCUT2D eigenvalue weighted by Crippen LogP contribution is -1.93. The third kappa shape index (κ3) is 2.60. The van der Waals surface area contributed by atoms with Crippen LogP contribution in [0.25, 0.3) is 0 Å². The van der Waals surface area contributed by atoms with Crippen molar-refractivity contribution < 1.29 is 4.92 Å². The molecule has 0 aliphatic rings. The van der Waals surface area contributed by atoms with Crippen LogP contribution in [0.4, 0.5) is 17.1 Å². The second-order valence-corrected chi connectivity index (χ2v) is 3.51. The Bertz CT molecular complexity index is 519. The molecule has 6 heteroatoms. The Balaban J connectivity index is 2.10. The van der Waals surface area contributed by atoms with E-state index in [4.69, 9.17) is 0 Å². The van der Waals surface area contributed by atoms with Crippen LogP contribution in [-0.2, 0) is 6.54 Å². The molecule has 2 rings (SSSR count). The van der Waals surface area contributed by atoms with Gasteiger partial charge in [0, 0.05) is 30.6 Å². The molecule has 17 heavy (non-hydrogen) atoms. The zero-order valence-corrected chi connectivity index (χ0v) is 9.33. The van der Waals surface area contributed by atoms with Gasteiger partial charge in [0.05, 0.1) is 16.8 Å². The van der Waals surface area contributed by atoms with E-state index in [-0.39, 0.29) is 5.69 Å². The molecule has 88 valence electrons. The molecular weight excluding hydrogens is 220 g/mol. The minimum Gasteiger partial charge on any atom is -0.353 e. The van der Waals surface area contributed by atoms with Crippen molar-refractivity contribution in [2.45, 2.75) is 13.5 Å². The molecule has 0 amide bonds. The molecule has 1 aromatic carbocycles. The Morgan fingerprint density at radius 1 is 1.35 bits per heavy atom. The molecule has 1 heterocycles. The number of nitrogens with zero attached hydrogens (tertiary/aromatic N) is 3. The van der Waals surface area contributed by atoms with Gasteiger partial charge in [-0.15, -0.1) is 0 Å². The number of nitro groups is 1. The van der Waals surface area contributed by atoms with Crippen molar-refractivity contribution in [3.8, 4) is 0 Å². The van der Waals surface area contributed by atoms with Crippen molar-refractivity contribution in [1.82, 2.24) is 9.78 Å². The molecule has 2 aromatic rings. The Labute approximate surface area is 98.0 Å². The highest BCUT2D eigenvalue weighted by Crippen LogP contribution is 2.19. The normalized spacial score (nSPS) is 10.2. The number of nitrogens with one attached hydrogen (secondary N) is 1. The fourth-order valence-electron chi connectivity index (χ4n) is 1.43. The first-order valence-corrected chi connectivity index (χ1v) is 5.23.